The Kier molecular flexibility index (Phi) is 4.91. The first-order valence-corrected chi connectivity index (χ1v) is 13.8. The molecule has 2 aromatic carbocycles. The van der Waals surface area contributed by atoms with Crippen molar-refractivity contribution >= 4 is 33.5 Å². The lowest BCUT2D eigenvalue weighted by Gasteiger charge is -2.22. The lowest BCUT2D eigenvalue weighted by Crippen LogP contribution is -2.24. The highest BCUT2D eigenvalue weighted by Crippen LogP contribution is 2.46. The lowest BCUT2D eigenvalue weighted by atomic mass is 9.82. The van der Waals surface area contributed by atoms with Gasteiger partial charge in [-0.15, -0.1) is 0 Å². The Bertz CT molecular complexity index is 1820. The molecular formula is C31H29N5O3. The Balaban J connectivity index is 1.43. The van der Waals surface area contributed by atoms with Crippen LogP contribution in [0.3, 0.4) is 0 Å². The minimum Gasteiger partial charge on any atom is -0.461 e. The van der Waals surface area contributed by atoms with Gasteiger partial charge in [0.1, 0.15) is 0 Å². The quantitative estimate of drug-likeness (QED) is 0.347. The summed E-state index contributed by atoms with van der Waals surface area (Å²) < 4.78 is 9.74. The number of ketones is 1. The van der Waals surface area contributed by atoms with E-state index >= 15 is 0 Å². The van der Waals surface area contributed by atoms with Gasteiger partial charge >= 0.3 is 0 Å². The second-order valence-corrected chi connectivity index (χ2v) is 11.0. The Morgan fingerprint density at radius 1 is 1.08 bits per heavy atom. The zero-order chi connectivity index (χ0) is 26.2. The first-order chi connectivity index (χ1) is 19.1. The largest absolute Gasteiger partial charge is 0.461 e. The van der Waals surface area contributed by atoms with Gasteiger partial charge in [0.15, 0.2) is 5.76 Å². The molecule has 0 bridgehead atoms. The molecule has 2 aliphatic heterocycles. The predicted octanol–water partition coefficient (Wildman–Crippen LogP) is 4.46. The summed E-state index contributed by atoms with van der Waals surface area (Å²) in [5.74, 6) is 0.167. The number of likely N-dealkylation sites (tertiary alicyclic amines) is 1. The highest BCUT2D eigenvalue weighted by Gasteiger charge is 2.35. The second kappa shape index (κ2) is 8.41. The fourth-order valence-corrected chi connectivity index (χ4v) is 7.09. The standard InChI is InChI=1S/C31H29N5O3/c1-34-17-22-23(33-34)8-7-19-26(22)28-21(16-32-31(28)38)27-20-15-18(30(37)25-5-4-14-39-25)6-9-24(20)36(29(19)27)13-12-35-10-2-3-11-35/h4-6,9,14-15,17H,2-3,7-8,10-13,16H2,1H3,(H,32,38). The Morgan fingerprint density at radius 3 is 2.77 bits per heavy atom. The number of aryl methyl sites for hydroxylation is 3. The number of carbonyl (C=O) groups excluding carboxylic acids is 2. The van der Waals surface area contributed by atoms with Crippen molar-refractivity contribution in [3.05, 3.63) is 76.5 Å². The van der Waals surface area contributed by atoms with E-state index in [1.54, 1.807) is 12.1 Å². The molecule has 3 aliphatic rings. The van der Waals surface area contributed by atoms with Gasteiger partial charge in [-0.3, -0.25) is 14.3 Å². The molecule has 1 aliphatic carbocycles. The maximum atomic E-state index is 13.4. The van der Waals surface area contributed by atoms with Crippen molar-refractivity contribution in [1.82, 2.24) is 24.6 Å². The summed E-state index contributed by atoms with van der Waals surface area (Å²) in [5.41, 5.74) is 9.08. The normalized spacial score (nSPS) is 16.6. The third-order valence-corrected chi connectivity index (χ3v) is 8.79. The van der Waals surface area contributed by atoms with E-state index in [2.05, 4.69) is 27.0 Å². The molecule has 1 fully saturated rings. The fraction of sp³-hybridized carbons (Fsp3) is 0.323. The number of rotatable bonds is 5. The van der Waals surface area contributed by atoms with Crippen LogP contribution in [0, 0.1) is 0 Å². The van der Waals surface area contributed by atoms with Gasteiger partial charge in [0.25, 0.3) is 5.91 Å². The topological polar surface area (TPSA) is 85.3 Å². The number of furan rings is 1. The van der Waals surface area contributed by atoms with E-state index < -0.39 is 0 Å². The van der Waals surface area contributed by atoms with Gasteiger partial charge in [0.2, 0.25) is 5.78 Å². The number of hydrogen-bond donors (Lipinski definition) is 1. The number of nitrogens with zero attached hydrogens (tertiary/aromatic N) is 4. The molecule has 196 valence electrons. The molecule has 5 heterocycles. The number of aromatic nitrogens is 3. The molecular weight excluding hydrogens is 490 g/mol. The van der Waals surface area contributed by atoms with Crippen molar-refractivity contribution in [3.8, 4) is 11.1 Å². The summed E-state index contributed by atoms with van der Waals surface area (Å²) in [5, 5.41) is 9.95. The van der Waals surface area contributed by atoms with E-state index in [9.17, 15) is 9.59 Å². The molecule has 5 aromatic rings. The fourth-order valence-electron chi connectivity index (χ4n) is 7.09. The average Bonchev–Trinajstić information content (AvgIpc) is 3.77. The van der Waals surface area contributed by atoms with Crippen LogP contribution in [0.5, 0.6) is 0 Å². The van der Waals surface area contributed by atoms with E-state index in [1.807, 2.05) is 23.9 Å². The number of fused-ring (bicyclic) bond motifs is 10. The van der Waals surface area contributed by atoms with Gasteiger partial charge in [-0.25, -0.2) is 0 Å². The minimum atomic E-state index is -0.135. The third-order valence-electron chi connectivity index (χ3n) is 8.79. The van der Waals surface area contributed by atoms with Crippen molar-refractivity contribution in [2.24, 2.45) is 7.05 Å². The van der Waals surface area contributed by atoms with E-state index in [0.29, 0.717) is 17.9 Å². The van der Waals surface area contributed by atoms with Crippen LogP contribution in [0.25, 0.3) is 32.9 Å². The molecule has 0 atom stereocenters. The summed E-state index contributed by atoms with van der Waals surface area (Å²) in [7, 11) is 1.95. The summed E-state index contributed by atoms with van der Waals surface area (Å²) in [6.45, 7) is 4.61. The average molecular weight is 520 g/mol. The van der Waals surface area contributed by atoms with Gasteiger partial charge in [-0.05, 0) is 80.2 Å². The molecule has 8 nitrogen and oxygen atoms in total. The van der Waals surface area contributed by atoms with Gasteiger partial charge in [0.05, 0.1) is 23.0 Å². The molecule has 8 heteroatoms. The number of nitrogens with one attached hydrogen (secondary N) is 1. The van der Waals surface area contributed by atoms with Crippen molar-refractivity contribution in [2.45, 2.75) is 38.8 Å². The third kappa shape index (κ3) is 3.31. The molecule has 1 saturated heterocycles. The summed E-state index contributed by atoms with van der Waals surface area (Å²) in [6, 6.07) is 9.43. The molecule has 1 amide bonds. The van der Waals surface area contributed by atoms with Crippen molar-refractivity contribution < 1.29 is 14.0 Å². The number of benzene rings is 2. The molecule has 1 N–H and O–H groups in total. The molecule has 3 aromatic heterocycles. The minimum absolute atomic E-state index is 0.0272. The zero-order valence-corrected chi connectivity index (χ0v) is 21.9. The Morgan fingerprint density at radius 2 is 1.95 bits per heavy atom. The summed E-state index contributed by atoms with van der Waals surface area (Å²) in [6.07, 6.45) is 7.77. The number of carbonyl (C=O) groups is 2. The highest BCUT2D eigenvalue weighted by atomic mass is 16.3. The van der Waals surface area contributed by atoms with Crippen molar-refractivity contribution in [2.75, 3.05) is 19.6 Å². The van der Waals surface area contributed by atoms with Crippen molar-refractivity contribution in [3.63, 3.8) is 0 Å². The first-order valence-electron chi connectivity index (χ1n) is 13.8. The van der Waals surface area contributed by atoms with Gasteiger partial charge in [-0.1, -0.05) is 0 Å². The first kappa shape index (κ1) is 22.8. The van der Waals surface area contributed by atoms with Crippen LogP contribution < -0.4 is 5.32 Å². The Labute approximate surface area is 225 Å². The molecule has 0 saturated carbocycles. The van der Waals surface area contributed by atoms with Crippen LogP contribution in [0.1, 0.15) is 56.1 Å². The smallest absolute Gasteiger partial charge is 0.252 e. The van der Waals surface area contributed by atoms with Crippen LogP contribution >= 0.6 is 0 Å². The van der Waals surface area contributed by atoms with Crippen LogP contribution in [0.15, 0.2) is 47.2 Å². The highest BCUT2D eigenvalue weighted by molar-refractivity contribution is 6.21. The molecule has 39 heavy (non-hydrogen) atoms. The molecule has 0 unspecified atom stereocenters. The summed E-state index contributed by atoms with van der Waals surface area (Å²) >= 11 is 0. The van der Waals surface area contributed by atoms with Crippen LogP contribution in [-0.2, 0) is 33.0 Å². The maximum absolute atomic E-state index is 13.4. The Hall–Kier alpha value is -4.17. The van der Waals surface area contributed by atoms with Gasteiger partial charge < -0.3 is 19.2 Å². The van der Waals surface area contributed by atoms with Crippen LogP contribution in [0.2, 0.25) is 0 Å². The maximum Gasteiger partial charge on any atom is 0.252 e. The lowest BCUT2D eigenvalue weighted by molar-refractivity contribution is 0.0965. The van der Waals surface area contributed by atoms with Crippen molar-refractivity contribution in [1.29, 1.82) is 0 Å². The van der Waals surface area contributed by atoms with Crippen LogP contribution in [-0.4, -0.2) is 50.6 Å². The number of amides is 1. The van der Waals surface area contributed by atoms with E-state index in [1.165, 1.54) is 30.2 Å². The van der Waals surface area contributed by atoms with E-state index in [4.69, 9.17) is 9.52 Å². The van der Waals surface area contributed by atoms with E-state index in [-0.39, 0.29) is 11.7 Å². The monoisotopic (exact) mass is 519 g/mol. The van der Waals surface area contributed by atoms with Crippen LogP contribution in [0.4, 0.5) is 0 Å². The zero-order valence-electron chi connectivity index (χ0n) is 21.9. The molecule has 8 rings (SSSR count). The SMILES string of the molecule is Cn1cc2c(n1)CCc1c-2c2c(c3c4cc(C(=O)c5ccco5)ccc4n(CCN4CCCC4)c13)CNC2=O. The summed E-state index contributed by atoms with van der Waals surface area (Å²) in [4.78, 5) is 29.2. The van der Waals surface area contributed by atoms with Gasteiger partial charge in [0, 0.05) is 65.9 Å². The molecule has 0 spiro atoms. The number of hydrogen-bond acceptors (Lipinski definition) is 5. The second-order valence-electron chi connectivity index (χ2n) is 11.0. The molecule has 0 radical (unpaired) electrons. The predicted molar refractivity (Wildman–Crippen MR) is 148 cm³/mol. The van der Waals surface area contributed by atoms with Gasteiger partial charge in [-0.2, -0.15) is 5.10 Å². The van der Waals surface area contributed by atoms with E-state index in [0.717, 1.165) is 83.3 Å².